The molecule has 0 aliphatic heterocycles. The normalized spacial score (nSPS) is 12.5. The highest BCUT2D eigenvalue weighted by Gasteiger charge is 1.99. The summed E-state index contributed by atoms with van der Waals surface area (Å²) < 4.78 is 0. The Kier molecular flexibility index (Phi) is 15.6. The van der Waals surface area contributed by atoms with Crippen LogP contribution >= 0.6 is 0 Å². The van der Waals surface area contributed by atoms with E-state index < -0.39 is 0 Å². The minimum absolute atomic E-state index is 0.959. The lowest BCUT2D eigenvalue weighted by Gasteiger charge is -2.09. The van der Waals surface area contributed by atoms with E-state index in [0.717, 1.165) is 5.92 Å². The Morgan fingerprint density at radius 2 is 1.21 bits per heavy atom. The fourth-order valence-electron chi connectivity index (χ4n) is 2.83. The quantitative estimate of drug-likeness (QED) is 0.216. The van der Waals surface area contributed by atoms with Gasteiger partial charge in [0.25, 0.3) is 0 Å². The van der Waals surface area contributed by atoms with Gasteiger partial charge in [-0.3, -0.25) is 0 Å². The molecule has 114 valence electrons. The molecule has 0 aromatic rings. The van der Waals surface area contributed by atoms with E-state index in [9.17, 15) is 0 Å². The van der Waals surface area contributed by atoms with Crippen molar-refractivity contribution in [3.63, 3.8) is 0 Å². The lowest BCUT2D eigenvalue weighted by molar-refractivity contribution is 0.450. The van der Waals surface area contributed by atoms with E-state index in [1.165, 1.54) is 89.9 Å². The van der Waals surface area contributed by atoms with Crippen LogP contribution < -0.4 is 0 Å². The van der Waals surface area contributed by atoms with E-state index in [2.05, 4.69) is 20.4 Å². The van der Waals surface area contributed by atoms with Crippen LogP contribution in [-0.2, 0) is 0 Å². The molecule has 0 aromatic carbocycles. The molecule has 19 heavy (non-hydrogen) atoms. The highest BCUT2D eigenvalue weighted by molar-refractivity contribution is 4.65. The first-order valence-corrected chi connectivity index (χ1v) is 8.92. The van der Waals surface area contributed by atoms with Crippen molar-refractivity contribution in [2.45, 2.75) is 104 Å². The Labute approximate surface area is 123 Å². The van der Waals surface area contributed by atoms with Crippen molar-refractivity contribution in [3.05, 3.63) is 12.7 Å². The lowest BCUT2D eigenvalue weighted by Crippen LogP contribution is -1.93. The molecule has 0 aliphatic carbocycles. The van der Waals surface area contributed by atoms with Crippen LogP contribution in [-0.4, -0.2) is 0 Å². The second-order valence-electron chi connectivity index (χ2n) is 6.30. The predicted octanol–water partition coefficient (Wildman–Crippen LogP) is 7.29. The van der Waals surface area contributed by atoms with Crippen molar-refractivity contribution < 1.29 is 0 Å². The summed E-state index contributed by atoms with van der Waals surface area (Å²) in [5.74, 6) is 0.959. The monoisotopic (exact) mass is 266 g/mol. The second-order valence-corrected chi connectivity index (χ2v) is 6.30. The maximum absolute atomic E-state index is 3.76. The van der Waals surface area contributed by atoms with Gasteiger partial charge in [0.05, 0.1) is 0 Å². The molecule has 0 fully saturated rings. The van der Waals surface area contributed by atoms with Crippen molar-refractivity contribution in [1.29, 1.82) is 0 Å². The van der Waals surface area contributed by atoms with Crippen molar-refractivity contribution in [2.75, 3.05) is 0 Å². The van der Waals surface area contributed by atoms with Gasteiger partial charge in [0, 0.05) is 0 Å². The summed E-state index contributed by atoms with van der Waals surface area (Å²) in [6, 6.07) is 0. The summed E-state index contributed by atoms with van der Waals surface area (Å²) in [6.07, 6.45) is 21.9. The van der Waals surface area contributed by atoms with Gasteiger partial charge in [0.2, 0.25) is 0 Å². The topological polar surface area (TPSA) is 0 Å². The number of unbranched alkanes of at least 4 members (excludes halogenated alkanes) is 10. The molecule has 0 radical (unpaired) electrons. The highest BCUT2D eigenvalue weighted by Crippen LogP contribution is 2.16. The molecule has 0 rings (SSSR count). The Bertz CT molecular complexity index is 171. The molecule has 1 unspecified atom stereocenters. The largest absolute Gasteiger partial charge is 0.103 e. The Morgan fingerprint density at radius 3 is 1.68 bits per heavy atom. The molecule has 1 atom stereocenters. The van der Waals surface area contributed by atoms with Gasteiger partial charge in [0.1, 0.15) is 0 Å². The van der Waals surface area contributed by atoms with Gasteiger partial charge in [-0.25, -0.2) is 0 Å². The molecule has 0 amide bonds. The van der Waals surface area contributed by atoms with E-state index in [4.69, 9.17) is 0 Å². The summed E-state index contributed by atoms with van der Waals surface area (Å²) in [5.41, 5.74) is 0. The third kappa shape index (κ3) is 15.7. The molecular formula is C19H38. The van der Waals surface area contributed by atoms with Crippen LogP contribution in [0.2, 0.25) is 0 Å². The molecule has 0 aromatic heterocycles. The zero-order valence-electron chi connectivity index (χ0n) is 13.8. The van der Waals surface area contributed by atoms with E-state index in [1.807, 2.05) is 6.08 Å². The molecule has 0 nitrogen and oxygen atoms in total. The summed E-state index contributed by atoms with van der Waals surface area (Å²) >= 11 is 0. The molecule has 0 saturated heterocycles. The number of hydrogen-bond donors (Lipinski definition) is 0. The molecule has 0 aliphatic rings. The van der Waals surface area contributed by atoms with Crippen LogP contribution in [0.15, 0.2) is 12.7 Å². The molecule has 0 heterocycles. The average Bonchev–Trinajstić information content (AvgIpc) is 2.40. The molecule has 0 bridgehead atoms. The zero-order chi connectivity index (χ0) is 14.2. The summed E-state index contributed by atoms with van der Waals surface area (Å²) in [5, 5.41) is 0. The first kappa shape index (κ1) is 18.7. The number of rotatable bonds is 15. The molecule has 0 spiro atoms. The number of allylic oxidation sites excluding steroid dienone is 1. The Hall–Kier alpha value is -0.260. The molecular weight excluding hydrogens is 228 g/mol. The van der Waals surface area contributed by atoms with Crippen molar-refractivity contribution in [1.82, 2.24) is 0 Å². The van der Waals surface area contributed by atoms with Crippen molar-refractivity contribution in [2.24, 2.45) is 5.92 Å². The van der Waals surface area contributed by atoms with Crippen LogP contribution in [0.4, 0.5) is 0 Å². The smallest absolute Gasteiger partial charge is 0.0353 e. The van der Waals surface area contributed by atoms with Gasteiger partial charge >= 0.3 is 0 Å². The van der Waals surface area contributed by atoms with Crippen LogP contribution in [0.5, 0.6) is 0 Å². The van der Waals surface area contributed by atoms with E-state index in [1.54, 1.807) is 0 Å². The summed E-state index contributed by atoms with van der Waals surface area (Å²) in [6.45, 7) is 8.48. The Balaban J connectivity index is 3.00. The van der Waals surface area contributed by atoms with Crippen LogP contribution in [0.25, 0.3) is 0 Å². The van der Waals surface area contributed by atoms with Crippen molar-refractivity contribution >= 4 is 0 Å². The minimum atomic E-state index is 0.959. The SMILES string of the molecule is C=CCCCCCCCCCCCCC(C)CCC. The molecule has 0 heteroatoms. The fraction of sp³-hybridized carbons (Fsp3) is 0.895. The van der Waals surface area contributed by atoms with E-state index >= 15 is 0 Å². The second kappa shape index (κ2) is 15.8. The zero-order valence-corrected chi connectivity index (χ0v) is 13.8. The Morgan fingerprint density at radius 1 is 0.737 bits per heavy atom. The maximum Gasteiger partial charge on any atom is -0.0353 e. The van der Waals surface area contributed by atoms with Gasteiger partial charge < -0.3 is 0 Å². The van der Waals surface area contributed by atoms with Crippen LogP contribution in [0.1, 0.15) is 104 Å². The number of hydrogen-bond acceptors (Lipinski definition) is 0. The fourth-order valence-corrected chi connectivity index (χ4v) is 2.83. The van der Waals surface area contributed by atoms with E-state index in [0.29, 0.717) is 0 Å². The van der Waals surface area contributed by atoms with E-state index in [-0.39, 0.29) is 0 Å². The predicted molar refractivity (Wildman–Crippen MR) is 89.7 cm³/mol. The standard InChI is InChI=1S/C19H38/c1-4-6-7-8-9-10-11-12-13-14-15-16-18-19(3)17-5-2/h4,19H,1,5-18H2,2-3H3. The molecule has 0 N–H and O–H groups in total. The average molecular weight is 267 g/mol. The van der Waals surface area contributed by atoms with Gasteiger partial charge in [-0.1, -0.05) is 97.0 Å². The third-order valence-corrected chi connectivity index (χ3v) is 4.14. The van der Waals surface area contributed by atoms with Crippen LogP contribution in [0, 0.1) is 5.92 Å². The van der Waals surface area contributed by atoms with Gasteiger partial charge in [-0.2, -0.15) is 0 Å². The third-order valence-electron chi connectivity index (χ3n) is 4.14. The highest BCUT2D eigenvalue weighted by atomic mass is 14.1. The first-order valence-electron chi connectivity index (χ1n) is 8.92. The van der Waals surface area contributed by atoms with Gasteiger partial charge in [-0.15, -0.1) is 6.58 Å². The lowest BCUT2D eigenvalue weighted by atomic mass is 9.98. The summed E-state index contributed by atoms with van der Waals surface area (Å²) in [7, 11) is 0. The first-order chi connectivity index (χ1) is 9.31. The summed E-state index contributed by atoms with van der Waals surface area (Å²) in [4.78, 5) is 0. The van der Waals surface area contributed by atoms with Gasteiger partial charge in [0.15, 0.2) is 0 Å². The minimum Gasteiger partial charge on any atom is -0.103 e. The van der Waals surface area contributed by atoms with Crippen LogP contribution in [0.3, 0.4) is 0 Å². The van der Waals surface area contributed by atoms with Crippen molar-refractivity contribution in [3.8, 4) is 0 Å². The van der Waals surface area contributed by atoms with Gasteiger partial charge in [-0.05, 0) is 18.8 Å². The maximum atomic E-state index is 3.76. The molecule has 0 saturated carbocycles.